The predicted octanol–water partition coefficient (Wildman–Crippen LogP) is 3.97. The van der Waals surface area contributed by atoms with Gasteiger partial charge in [-0.05, 0) is 58.2 Å². The molecular formula is C20H23N3O3S. The average Bonchev–Trinajstić information content (AvgIpc) is 2.93. The molecule has 0 unspecified atom stereocenters. The van der Waals surface area contributed by atoms with Crippen molar-refractivity contribution in [3.05, 3.63) is 44.9 Å². The van der Waals surface area contributed by atoms with Crippen molar-refractivity contribution in [3.8, 4) is 6.07 Å². The number of pyridine rings is 1. The first-order chi connectivity index (χ1) is 12.6. The van der Waals surface area contributed by atoms with Crippen molar-refractivity contribution in [2.75, 3.05) is 7.11 Å². The fourth-order valence-electron chi connectivity index (χ4n) is 2.96. The number of aromatic amines is 1. The first-order valence-electron chi connectivity index (χ1n) is 8.50. The molecule has 142 valence electrons. The molecular weight excluding hydrogens is 362 g/mol. The van der Waals surface area contributed by atoms with Crippen LogP contribution in [0.15, 0.2) is 5.03 Å². The molecule has 0 saturated heterocycles. The number of nitriles is 1. The summed E-state index contributed by atoms with van der Waals surface area (Å²) in [5.41, 5.74) is 5.13. The SMILES string of the molecule is COC(=O)c1c(C)[nH]c(C(=O)[C@H](C)Sc2nc(C)c(C)c(C)c2C#N)c1C. The summed E-state index contributed by atoms with van der Waals surface area (Å²) in [5, 5.41) is 9.58. The molecule has 0 saturated carbocycles. The van der Waals surface area contributed by atoms with Crippen LogP contribution in [0, 0.1) is 45.9 Å². The maximum absolute atomic E-state index is 13.0. The Morgan fingerprint density at radius 3 is 2.33 bits per heavy atom. The van der Waals surface area contributed by atoms with Crippen LogP contribution in [0.1, 0.15) is 61.4 Å². The third kappa shape index (κ3) is 3.76. The largest absolute Gasteiger partial charge is 0.465 e. The van der Waals surface area contributed by atoms with E-state index in [4.69, 9.17) is 4.74 Å². The minimum Gasteiger partial charge on any atom is -0.465 e. The second-order valence-corrected chi connectivity index (χ2v) is 7.81. The fraction of sp³-hybridized carbons (Fsp3) is 0.400. The average molecular weight is 385 g/mol. The molecule has 0 amide bonds. The zero-order valence-electron chi connectivity index (χ0n) is 16.6. The van der Waals surface area contributed by atoms with Crippen molar-refractivity contribution in [2.24, 2.45) is 0 Å². The van der Waals surface area contributed by atoms with Gasteiger partial charge in [0.2, 0.25) is 0 Å². The van der Waals surface area contributed by atoms with E-state index >= 15 is 0 Å². The Hall–Kier alpha value is -2.59. The van der Waals surface area contributed by atoms with Crippen molar-refractivity contribution in [2.45, 2.75) is 51.8 Å². The molecule has 2 heterocycles. The van der Waals surface area contributed by atoms with Crippen molar-refractivity contribution in [1.82, 2.24) is 9.97 Å². The summed E-state index contributed by atoms with van der Waals surface area (Å²) in [4.78, 5) is 32.4. The zero-order valence-corrected chi connectivity index (χ0v) is 17.4. The van der Waals surface area contributed by atoms with Crippen molar-refractivity contribution in [1.29, 1.82) is 5.26 Å². The fourth-order valence-corrected chi connectivity index (χ4v) is 4.02. The maximum atomic E-state index is 13.0. The van der Waals surface area contributed by atoms with Crippen LogP contribution >= 0.6 is 11.8 Å². The summed E-state index contributed by atoms with van der Waals surface area (Å²) in [6.45, 7) is 10.9. The molecule has 1 atom stereocenters. The van der Waals surface area contributed by atoms with Crippen LogP contribution in [-0.2, 0) is 4.74 Å². The van der Waals surface area contributed by atoms with Gasteiger partial charge in [0.25, 0.3) is 0 Å². The standard InChI is InChI=1S/C20H23N3O3S/c1-9-10(2)15(8-21)19(23-12(9)4)27-14(6)18(24)17-11(3)16(13(5)22-17)20(25)26-7/h14,22H,1-7H3/t14-/m0/s1. The van der Waals surface area contributed by atoms with Gasteiger partial charge in [-0.2, -0.15) is 5.26 Å². The summed E-state index contributed by atoms with van der Waals surface area (Å²) in [7, 11) is 1.31. The number of nitrogens with one attached hydrogen (secondary N) is 1. The van der Waals surface area contributed by atoms with E-state index in [0.29, 0.717) is 33.1 Å². The minimum absolute atomic E-state index is 0.155. The summed E-state index contributed by atoms with van der Waals surface area (Å²) >= 11 is 1.25. The summed E-state index contributed by atoms with van der Waals surface area (Å²) in [5.74, 6) is -0.629. The van der Waals surface area contributed by atoms with Gasteiger partial charge in [0.15, 0.2) is 5.78 Å². The first kappa shape index (κ1) is 20.7. The van der Waals surface area contributed by atoms with Gasteiger partial charge in [0.05, 0.1) is 29.2 Å². The molecule has 0 spiro atoms. The lowest BCUT2D eigenvalue weighted by Crippen LogP contribution is -2.16. The Morgan fingerprint density at radius 1 is 1.15 bits per heavy atom. The lowest BCUT2D eigenvalue weighted by molar-refractivity contribution is 0.0599. The molecule has 0 fully saturated rings. The second-order valence-electron chi connectivity index (χ2n) is 6.48. The summed E-state index contributed by atoms with van der Waals surface area (Å²) in [6, 6.07) is 2.20. The summed E-state index contributed by atoms with van der Waals surface area (Å²) in [6.07, 6.45) is 0. The highest BCUT2D eigenvalue weighted by atomic mass is 32.2. The van der Waals surface area contributed by atoms with Crippen LogP contribution < -0.4 is 0 Å². The second kappa shape index (κ2) is 7.97. The highest BCUT2D eigenvalue weighted by Gasteiger charge is 2.27. The number of esters is 1. The smallest absolute Gasteiger partial charge is 0.339 e. The molecule has 0 aliphatic carbocycles. The van der Waals surface area contributed by atoms with E-state index in [9.17, 15) is 14.9 Å². The van der Waals surface area contributed by atoms with Crippen molar-refractivity contribution < 1.29 is 14.3 Å². The number of hydrogen-bond acceptors (Lipinski definition) is 6. The molecule has 2 aromatic rings. The van der Waals surface area contributed by atoms with Crippen LogP contribution in [0.5, 0.6) is 0 Å². The molecule has 0 aliphatic rings. The van der Waals surface area contributed by atoms with Crippen molar-refractivity contribution >= 4 is 23.5 Å². The topological polar surface area (TPSA) is 95.8 Å². The van der Waals surface area contributed by atoms with Crippen LogP contribution in [0.2, 0.25) is 0 Å². The van der Waals surface area contributed by atoms with Crippen LogP contribution in [0.3, 0.4) is 0 Å². The molecule has 7 heteroatoms. The Morgan fingerprint density at radius 2 is 1.78 bits per heavy atom. The van der Waals surface area contributed by atoms with Crippen LogP contribution in [-0.4, -0.2) is 34.1 Å². The van der Waals surface area contributed by atoms with Crippen molar-refractivity contribution in [3.63, 3.8) is 0 Å². The van der Waals surface area contributed by atoms with E-state index in [0.717, 1.165) is 16.8 Å². The van der Waals surface area contributed by atoms with Crippen LogP contribution in [0.4, 0.5) is 0 Å². The lowest BCUT2D eigenvalue weighted by atomic mass is 10.1. The molecule has 0 aromatic carbocycles. The van der Waals surface area contributed by atoms with E-state index in [1.807, 2.05) is 20.8 Å². The highest BCUT2D eigenvalue weighted by molar-refractivity contribution is 8.00. The number of nitrogens with zero attached hydrogens (tertiary/aromatic N) is 2. The maximum Gasteiger partial charge on any atom is 0.339 e. The third-order valence-corrected chi connectivity index (χ3v) is 5.89. The molecule has 0 aliphatic heterocycles. The lowest BCUT2D eigenvalue weighted by Gasteiger charge is -2.14. The number of methoxy groups -OCH3 is 1. The molecule has 27 heavy (non-hydrogen) atoms. The van der Waals surface area contributed by atoms with Gasteiger partial charge in [-0.3, -0.25) is 4.79 Å². The molecule has 0 bridgehead atoms. The predicted molar refractivity (Wildman–Crippen MR) is 104 cm³/mol. The number of carbonyl (C=O) groups excluding carboxylic acids is 2. The normalized spacial score (nSPS) is 11.8. The number of Topliss-reactive ketones (excluding diaryl/α,β-unsaturated/α-hetero) is 1. The van der Waals surface area contributed by atoms with Gasteiger partial charge in [-0.15, -0.1) is 0 Å². The van der Waals surface area contributed by atoms with E-state index in [1.165, 1.54) is 18.9 Å². The number of aryl methyl sites for hydroxylation is 2. The Labute approximate surface area is 163 Å². The van der Waals surface area contributed by atoms with Gasteiger partial charge >= 0.3 is 5.97 Å². The number of rotatable bonds is 5. The molecule has 0 radical (unpaired) electrons. The molecule has 6 nitrogen and oxygen atoms in total. The Balaban J connectivity index is 2.38. The minimum atomic E-state index is -0.478. The van der Waals surface area contributed by atoms with Crippen LogP contribution in [0.25, 0.3) is 0 Å². The molecule has 2 aromatic heterocycles. The number of H-pyrrole nitrogens is 1. The number of ketones is 1. The molecule has 2 rings (SSSR count). The third-order valence-electron chi connectivity index (χ3n) is 4.81. The van der Waals surface area contributed by atoms with E-state index in [2.05, 4.69) is 16.0 Å². The van der Waals surface area contributed by atoms with Gasteiger partial charge < -0.3 is 9.72 Å². The Kier molecular flexibility index (Phi) is 6.11. The van der Waals surface area contributed by atoms with E-state index in [1.54, 1.807) is 20.8 Å². The van der Waals surface area contributed by atoms with Gasteiger partial charge in [0, 0.05) is 11.4 Å². The van der Waals surface area contributed by atoms with E-state index in [-0.39, 0.29) is 5.78 Å². The highest BCUT2D eigenvalue weighted by Crippen LogP contribution is 2.31. The van der Waals surface area contributed by atoms with Gasteiger partial charge in [0.1, 0.15) is 11.1 Å². The van der Waals surface area contributed by atoms with E-state index < -0.39 is 11.2 Å². The number of carbonyl (C=O) groups is 2. The number of aromatic nitrogens is 2. The number of thioether (sulfide) groups is 1. The summed E-state index contributed by atoms with van der Waals surface area (Å²) < 4.78 is 4.79. The first-order valence-corrected chi connectivity index (χ1v) is 9.38. The quantitative estimate of drug-likeness (QED) is 0.475. The number of ether oxygens (including phenoxy) is 1. The monoisotopic (exact) mass is 385 g/mol. The van der Waals surface area contributed by atoms with Gasteiger partial charge in [-0.1, -0.05) is 11.8 Å². The number of hydrogen-bond donors (Lipinski definition) is 1. The van der Waals surface area contributed by atoms with Gasteiger partial charge in [-0.25, -0.2) is 9.78 Å². The zero-order chi connectivity index (χ0) is 20.5. The Bertz CT molecular complexity index is 970. The molecule has 1 N–H and O–H groups in total.